The maximum atomic E-state index is 13.1. The Balaban J connectivity index is 1.95. The predicted octanol–water partition coefficient (Wildman–Crippen LogP) is 2.42. The van der Waals surface area contributed by atoms with Crippen molar-refractivity contribution in [1.29, 1.82) is 0 Å². The Hall–Kier alpha value is -0.930. The Morgan fingerprint density at radius 1 is 1.47 bits per heavy atom. The summed E-state index contributed by atoms with van der Waals surface area (Å²) in [4.78, 5) is 2.30. The number of halogens is 1. The number of piperidine rings is 1. The second-order valence-electron chi connectivity index (χ2n) is 4.89. The average molecular weight is 237 g/mol. The van der Waals surface area contributed by atoms with E-state index in [-0.39, 0.29) is 11.9 Å². The van der Waals surface area contributed by atoms with Crippen LogP contribution < -0.4 is 0 Å². The number of hydrogen-bond donors (Lipinski definition) is 1. The molecule has 1 aromatic carbocycles. The fourth-order valence-electron chi connectivity index (χ4n) is 2.53. The fraction of sp³-hybridized carbons (Fsp3) is 0.571. The molecule has 1 aliphatic heterocycles. The molecule has 1 aromatic rings. The van der Waals surface area contributed by atoms with Gasteiger partial charge in [0.05, 0.1) is 6.10 Å². The van der Waals surface area contributed by atoms with Crippen LogP contribution in [-0.2, 0) is 6.54 Å². The largest absolute Gasteiger partial charge is 0.393 e. The molecule has 0 bridgehead atoms. The third kappa shape index (κ3) is 3.27. The quantitative estimate of drug-likeness (QED) is 0.872. The molecule has 17 heavy (non-hydrogen) atoms. The minimum absolute atomic E-state index is 0.163. The van der Waals surface area contributed by atoms with Crippen LogP contribution >= 0.6 is 0 Å². The van der Waals surface area contributed by atoms with E-state index in [0.717, 1.165) is 38.0 Å². The van der Waals surface area contributed by atoms with Crippen LogP contribution in [0.1, 0.15) is 25.3 Å². The molecule has 3 heteroatoms. The van der Waals surface area contributed by atoms with E-state index in [1.54, 1.807) is 12.1 Å². The Morgan fingerprint density at radius 3 is 3.00 bits per heavy atom. The van der Waals surface area contributed by atoms with Crippen LogP contribution in [0.3, 0.4) is 0 Å². The molecule has 1 aliphatic rings. The van der Waals surface area contributed by atoms with Crippen LogP contribution in [-0.4, -0.2) is 29.2 Å². The minimum atomic E-state index is -0.174. The van der Waals surface area contributed by atoms with Crippen LogP contribution in [0.4, 0.5) is 4.39 Å². The van der Waals surface area contributed by atoms with Crippen LogP contribution in [0, 0.1) is 11.7 Å². The maximum absolute atomic E-state index is 13.1. The van der Waals surface area contributed by atoms with Gasteiger partial charge in [-0.1, -0.05) is 19.1 Å². The molecule has 0 saturated carbocycles. The number of likely N-dealkylation sites (tertiary alicyclic amines) is 1. The van der Waals surface area contributed by atoms with Crippen LogP contribution in [0.15, 0.2) is 24.3 Å². The number of rotatable bonds is 3. The third-order valence-electron chi connectivity index (χ3n) is 3.60. The summed E-state index contributed by atoms with van der Waals surface area (Å²) in [5.41, 5.74) is 1.01. The first-order valence-corrected chi connectivity index (χ1v) is 6.34. The maximum Gasteiger partial charge on any atom is 0.123 e. The smallest absolute Gasteiger partial charge is 0.123 e. The van der Waals surface area contributed by atoms with Gasteiger partial charge in [0.15, 0.2) is 0 Å². The van der Waals surface area contributed by atoms with Gasteiger partial charge in [0, 0.05) is 19.6 Å². The van der Waals surface area contributed by atoms with Gasteiger partial charge in [0.25, 0.3) is 0 Å². The Morgan fingerprint density at radius 2 is 2.29 bits per heavy atom. The van der Waals surface area contributed by atoms with E-state index in [0.29, 0.717) is 5.92 Å². The van der Waals surface area contributed by atoms with Gasteiger partial charge < -0.3 is 5.11 Å². The summed E-state index contributed by atoms with van der Waals surface area (Å²) in [5, 5.41) is 9.81. The highest BCUT2D eigenvalue weighted by Gasteiger charge is 2.26. The highest BCUT2D eigenvalue weighted by atomic mass is 19.1. The van der Waals surface area contributed by atoms with Crippen molar-refractivity contribution in [3.63, 3.8) is 0 Å². The number of aliphatic hydroxyl groups is 1. The van der Waals surface area contributed by atoms with Gasteiger partial charge >= 0.3 is 0 Å². The van der Waals surface area contributed by atoms with Gasteiger partial charge in [-0.3, -0.25) is 4.90 Å². The summed E-state index contributed by atoms with van der Waals surface area (Å²) in [6.07, 6.45) is 1.66. The van der Waals surface area contributed by atoms with Gasteiger partial charge in [0.1, 0.15) is 5.82 Å². The summed E-state index contributed by atoms with van der Waals surface area (Å²) in [5.74, 6) is 0.184. The SMILES string of the molecule is CCC1CN(Cc2cccc(F)c2)CCC1O. The number of nitrogens with zero attached hydrogens (tertiary/aromatic N) is 1. The van der Waals surface area contributed by atoms with Crippen molar-refractivity contribution in [2.45, 2.75) is 32.4 Å². The summed E-state index contributed by atoms with van der Waals surface area (Å²) in [6, 6.07) is 6.76. The van der Waals surface area contributed by atoms with Gasteiger partial charge in [-0.25, -0.2) is 4.39 Å². The van der Waals surface area contributed by atoms with Crippen LogP contribution in [0.5, 0.6) is 0 Å². The summed E-state index contributed by atoms with van der Waals surface area (Å²) in [6.45, 7) is 4.70. The lowest BCUT2D eigenvalue weighted by atomic mass is 9.92. The number of aliphatic hydroxyl groups excluding tert-OH is 1. The second-order valence-corrected chi connectivity index (χ2v) is 4.89. The zero-order valence-electron chi connectivity index (χ0n) is 10.3. The highest BCUT2D eigenvalue weighted by molar-refractivity contribution is 5.16. The van der Waals surface area contributed by atoms with Crippen molar-refractivity contribution in [2.75, 3.05) is 13.1 Å². The molecule has 1 N–H and O–H groups in total. The first-order chi connectivity index (χ1) is 8.19. The van der Waals surface area contributed by atoms with Gasteiger partial charge in [-0.15, -0.1) is 0 Å². The third-order valence-corrected chi connectivity index (χ3v) is 3.60. The highest BCUT2D eigenvalue weighted by Crippen LogP contribution is 2.21. The fourth-order valence-corrected chi connectivity index (χ4v) is 2.53. The van der Waals surface area contributed by atoms with Crippen molar-refractivity contribution < 1.29 is 9.50 Å². The minimum Gasteiger partial charge on any atom is -0.393 e. The van der Waals surface area contributed by atoms with E-state index in [2.05, 4.69) is 11.8 Å². The molecule has 2 unspecified atom stereocenters. The monoisotopic (exact) mass is 237 g/mol. The van der Waals surface area contributed by atoms with Crippen LogP contribution in [0.25, 0.3) is 0 Å². The van der Waals surface area contributed by atoms with Crippen molar-refractivity contribution in [2.24, 2.45) is 5.92 Å². The molecule has 94 valence electrons. The lowest BCUT2D eigenvalue weighted by molar-refractivity contribution is 0.0221. The summed E-state index contributed by atoms with van der Waals surface area (Å²) < 4.78 is 13.1. The lowest BCUT2D eigenvalue weighted by Gasteiger charge is -2.35. The first kappa shape index (κ1) is 12.5. The molecule has 0 amide bonds. The number of hydrogen-bond acceptors (Lipinski definition) is 2. The predicted molar refractivity (Wildman–Crippen MR) is 66.1 cm³/mol. The zero-order valence-corrected chi connectivity index (χ0v) is 10.3. The molecule has 1 saturated heterocycles. The molecule has 2 nitrogen and oxygen atoms in total. The molecule has 0 spiro atoms. The van der Waals surface area contributed by atoms with Crippen molar-refractivity contribution in [3.05, 3.63) is 35.6 Å². The van der Waals surface area contributed by atoms with Crippen molar-refractivity contribution in [1.82, 2.24) is 4.90 Å². The molecule has 0 aliphatic carbocycles. The van der Waals surface area contributed by atoms with E-state index in [9.17, 15) is 9.50 Å². The van der Waals surface area contributed by atoms with Crippen molar-refractivity contribution >= 4 is 0 Å². The normalized spacial score (nSPS) is 26.1. The standard InChI is InChI=1S/C14H20FNO/c1-2-12-10-16(7-6-14(12)17)9-11-4-3-5-13(15)8-11/h3-5,8,12,14,17H,2,6-7,9-10H2,1H3. The van der Waals surface area contributed by atoms with Crippen molar-refractivity contribution in [3.8, 4) is 0 Å². The van der Waals surface area contributed by atoms with Crippen LogP contribution in [0.2, 0.25) is 0 Å². The summed E-state index contributed by atoms with van der Waals surface area (Å²) in [7, 11) is 0. The molecule has 2 atom stereocenters. The zero-order chi connectivity index (χ0) is 12.3. The molecular weight excluding hydrogens is 217 g/mol. The van der Waals surface area contributed by atoms with E-state index >= 15 is 0 Å². The van der Waals surface area contributed by atoms with E-state index in [4.69, 9.17) is 0 Å². The Kier molecular flexibility index (Phi) is 4.13. The Labute approximate surface area is 102 Å². The summed E-state index contributed by atoms with van der Waals surface area (Å²) >= 11 is 0. The van der Waals surface area contributed by atoms with E-state index in [1.165, 1.54) is 6.07 Å². The van der Waals surface area contributed by atoms with Gasteiger partial charge in [-0.05, 0) is 36.5 Å². The average Bonchev–Trinajstić information content (AvgIpc) is 2.32. The number of benzene rings is 1. The molecule has 1 fully saturated rings. The second kappa shape index (κ2) is 5.61. The van der Waals surface area contributed by atoms with E-state index in [1.807, 2.05) is 6.07 Å². The molecular formula is C14H20FNO. The molecule has 1 heterocycles. The first-order valence-electron chi connectivity index (χ1n) is 6.34. The van der Waals surface area contributed by atoms with Gasteiger partial charge in [-0.2, -0.15) is 0 Å². The molecule has 2 rings (SSSR count). The lowest BCUT2D eigenvalue weighted by Crippen LogP contribution is -2.42. The Bertz CT molecular complexity index is 369. The molecule has 0 aromatic heterocycles. The topological polar surface area (TPSA) is 23.5 Å². The van der Waals surface area contributed by atoms with Gasteiger partial charge in [0.2, 0.25) is 0 Å². The van der Waals surface area contributed by atoms with E-state index < -0.39 is 0 Å². The molecule has 0 radical (unpaired) electrons.